The number of rotatable bonds is 8. The summed E-state index contributed by atoms with van der Waals surface area (Å²) in [7, 11) is 0. The van der Waals surface area contributed by atoms with E-state index >= 15 is 0 Å². The van der Waals surface area contributed by atoms with Crippen molar-refractivity contribution in [2.75, 3.05) is 6.54 Å². The summed E-state index contributed by atoms with van der Waals surface area (Å²) in [4.78, 5) is 24.1. The van der Waals surface area contributed by atoms with Crippen molar-refractivity contribution in [2.45, 2.75) is 45.8 Å². The van der Waals surface area contributed by atoms with Crippen molar-refractivity contribution in [1.82, 2.24) is 10.6 Å². The van der Waals surface area contributed by atoms with Crippen molar-refractivity contribution in [2.24, 2.45) is 5.92 Å². The highest BCUT2D eigenvalue weighted by atomic mass is 35.5. The molecule has 0 aliphatic rings. The summed E-state index contributed by atoms with van der Waals surface area (Å²) in [6.45, 7) is 5.78. The number of aliphatic hydroxyl groups is 1. The van der Waals surface area contributed by atoms with Gasteiger partial charge in [-0.1, -0.05) is 50.4 Å². The summed E-state index contributed by atoms with van der Waals surface area (Å²) >= 11 is 5.96. The molecule has 0 saturated heterocycles. The molecule has 23 heavy (non-hydrogen) atoms. The van der Waals surface area contributed by atoms with E-state index in [-0.39, 0.29) is 18.4 Å². The fourth-order valence-electron chi connectivity index (χ4n) is 2.34. The Balaban J connectivity index is 2.51. The molecule has 3 N–H and O–H groups in total. The minimum Gasteiger partial charge on any atom is -0.391 e. The molecule has 1 rings (SSSR count). The lowest BCUT2D eigenvalue weighted by atomic mass is 9.96. The fourth-order valence-corrected chi connectivity index (χ4v) is 2.56. The van der Waals surface area contributed by atoms with Gasteiger partial charge in [0.2, 0.25) is 5.91 Å². The Morgan fingerprint density at radius 2 is 1.83 bits per heavy atom. The zero-order valence-corrected chi connectivity index (χ0v) is 14.6. The monoisotopic (exact) mass is 340 g/mol. The van der Waals surface area contributed by atoms with Gasteiger partial charge in [0.15, 0.2) is 0 Å². The summed E-state index contributed by atoms with van der Waals surface area (Å²) in [5.74, 6) is -0.586. The van der Waals surface area contributed by atoms with Crippen LogP contribution in [0.2, 0.25) is 5.02 Å². The van der Waals surface area contributed by atoms with Crippen molar-refractivity contribution >= 4 is 23.4 Å². The molecule has 2 atom stereocenters. The average molecular weight is 341 g/mol. The van der Waals surface area contributed by atoms with Gasteiger partial charge in [-0.2, -0.15) is 0 Å². The third-order valence-corrected chi connectivity index (χ3v) is 4.27. The average Bonchev–Trinajstić information content (AvgIpc) is 2.53. The van der Waals surface area contributed by atoms with Crippen LogP contribution in [0.25, 0.3) is 0 Å². The fraction of sp³-hybridized carbons (Fsp3) is 0.529. The maximum absolute atomic E-state index is 12.1. The second-order valence-corrected chi connectivity index (χ2v) is 5.97. The van der Waals surface area contributed by atoms with Crippen molar-refractivity contribution in [3.8, 4) is 0 Å². The predicted molar refractivity (Wildman–Crippen MR) is 91.5 cm³/mol. The normalized spacial score (nSPS) is 13.5. The number of carbonyl (C=O) groups is 2. The Bertz CT molecular complexity index is 532. The SMILES string of the molecule is CCC(CC)C(O)CNC(=O)C(C)NC(=O)c1ccccc1Cl. The van der Waals surface area contributed by atoms with Gasteiger partial charge in [-0.05, 0) is 25.0 Å². The topological polar surface area (TPSA) is 78.4 Å². The lowest BCUT2D eigenvalue weighted by molar-refractivity contribution is -0.123. The molecule has 0 heterocycles. The van der Waals surface area contributed by atoms with E-state index in [1.165, 1.54) is 0 Å². The van der Waals surface area contributed by atoms with Crippen LogP contribution in [0, 0.1) is 5.92 Å². The van der Waals surface area contributed by atoms with Crippen molar-refractivity contribution in [1.29, 1.82) is 0 Å². The lowest BCUT2D eigenvalue weighted by Crippen LogP contribution is -2.47. The van der Waals surface area contributed by atoms with Gasteiger partial charge in [0.25, 0.3) is 5.91 Å². The highest BCUT2D eigenvalue weighted by Gasteiger charge is 2.20. The van der Waals surface area contributed by atoms with Crippen LogP contribution in [0.15, 0.2) is 24.3 Å². The third kappa shape index (κ3) is 5.84. The van der Waals surface area contributed by atoms with E-state index in [2.05, 4.69) is 10.6 Å². The molecule has 0 spiro atoms. The molecule has 0 saturated carbocycles. The summed E-state index contributed by atoms with van der Waals surface area (Å²) < 4.78 is 0. The number of hydrogen-bond donors (Lipinski definition) is 3. The van der Waals surface area contributed by atoms with Crippen LogP contribution in [-0.4, -0.2) is 35.6 Å². The second kappa shape index (κ2) is 9.53. The maximum Gasteiger partial charge on any atom is 0.253 e. The van der Waals surface area contributed by atoms with E-state index in [1.807, 2.05) is 13.8 Å². The molecule has 2 amide bonds. The smallest absolute Gasteiger partial charge is 0.253 e. The molecule has 0 aliphatic heterocycles. The molecule has 0 aliphatic carbocycles. The van der Waals surface area contributed by atoms with Crippen molar-refractivity contribution < 1.29 is 14.7 Å². The Morgan fingerprint density at radius 3 is 2.39 bits per heavy atom. The number of aliphatic hydroxyl groups excluding tert-OH is 1. The Morgan fingerprint density at radius 1 is 1.22 bits per heavy atom. The van der Waals surface area contributed by atoms with Gasteiger partial charge < -0.3 is 15.7 Å². The minimum absolute atomic E-state index is 0.156. The standard InChI is InChI=1S/C17H25ClN2O3/c1-4-12(5-2)15(21)10-19-16(22)11(3)20-17(23)13-8-6-7-9-14(13)18/h6-9,11-12,15,21H,4-5,10H2,1-3H3,(H,19,22)(H,20,23). The molecular formula is C17H25ClN2O3. The van der Waals surface area contributed by atoms with Crippen LogP contribution in [0.4, 0.5) is 0 Å². The predicted octanol–water partition coefficient (Wildman–Crippen LogP) is 2.37. The van der Waals surface area contributed by atoms with Gasteiger partial charge in [0, 0.05) is 6.54 Å². The summed E-state index contributed by atoms with van der Waals surface area (Å²) in [5.41, 5.74) is 0.325. The second-order valence-electron chi connectivity index (χ2n) is 5.56. The van der Waals surface area contributed by atoms with E-state index in [0.717, 1.165) is 12.8 Å². The minimum atomic E-state index is -0.715. The molecule has 128 valence electrons. The first kappa shape index (κ1) is 19.5. The van der Waals surface area contributed by atoms with Gasteiger partial charge in [-0.3, -0.25) is 9.59 Å². The largest absolute Gasteiger partial charge is 0.391 e. The van der Waals surface area contributed by atoms with Gasteiger partial charge in [0.1, 0.15) is 6.04 Å². The molecule has 6 heteroatoms. The van der Waals surface area contributed by atoms with Crippen molar-refractivity contribution in [3.63, 3.8) is 0 Å². The maximum atomic E-state index is 12.1. The molecule has 2 unspecified atom stereocenters. The quantitative estimate of drug-likeness (QED) is 0.679. The summed E-state index contributed by atoms with van der Waals surface area (Å²) in [6.07, 6.45) is 1.12. The Kier molecular flexibility index (Phi) is 8.06. The first-order valence-corrected chi connectivity index (χ1v) is 8.29. The molecular weight excluding hydrogens is 316 g/mol. The number of benzene rings is 1. The van der Waals surface area contributed by atoms with Crippen LogP contribution in [0.3, 0.4) is 0 Å². The van der Waals surface area contributed by atoms with E-state index in [1.54, 1.807) is 31.2 Å². The van der Waals surface area contributed by atoms with Gasteiger partial charge in [-0.15, -0.1) is 0 Å². The Labute approximate surface area is 142 Å². The van der Waals surface area contributed by atoms with Gasteiger partial charge in [0.05, 0.1) is 16.7 Å². The zero-order chi connectivity index (χ0) is 17.4. The Hall–Kier alpha value is -1.59. The van der Waals surface area contributed by atoms with Crippen LogP contribution in [-0.2, 0) is 4.79 Å². The number of hydrogen-bond acceptors (Lipinski definition) is 3. The summed E-state index contributed by atoms with van der Waals surface area (Å²) in [5, 5.41) is 15.6. The van der Waals surface area contributed by atoms with E-state index in [9.17, 15) is 14.7 Å². The van der Waals surface area contributed by atoms with Gasteiger partial charge >= 0.3 is 0 Å². The summed E-state index contributed by atoms with van der Waals surface area (Å²) in [6, 6.07) is 5.94. The van der Waals surface area contributed by atoms with Crippen molar-refractivity contribution in [3.05, 3.63) is 34.9 Å². The zero-order valence-electron chi connectivity index (χ0n) is 13.8. The molecule has 1 aromatic rings. The number of halogens is 1. The van der Waals surface area contributed by atoms with E-state index in [0.29, 0.717) is 10.6 Å². The van der Waals surface area contributed by atoms with Crippen LogP contribution >= 0.6 is 11.6 Å². The highest BCUT2D eigenvalue weighted by molar-refractivity contribution is 6.33. The number of amides is 2. The van der Waals surface area contributed by atoms with Crippen LogP contribution in [0.5, 0.6) is 0 Å². The molecule has 0 aromatic heterocycles. The van der Waals surface area contributed by atoms with E-state index in [4.69, 9.17) is 11.6 Å². The third-order valence-electron chi connectivity index (χ3n) is 3.94. The lowest BCUT2D eigenvalue weighted by Gasteiger charge is -2.21. The molecule has 0 bridgehead atoms. The number of carbonyl (C=O) groups excluding carboxylic acids is 2. The molecule has 0 fully saturated rings. The van der Waals surface area contributed by atoms with Crippen LogP contribution < -0.4 is 10.6 Å². The van der Waals surface area contributed by atoms with Gasteiger partial charge in [-0.25, -0.2) is 0 Å². The number of nitrogens with one attached hydrogen (secondary N) is 2. The first-order valence-electron chi connectivity index (χ1n) is 7.91. The molecule has 5 nitrogen and oxygen atoms in total. The molecule has 0 radical (unpaired) electrons. The van der Waals surface area contributed by atoms with E-state index < -0.39 is 18.1 Å². The van der Waals surface area contributed by atoms with Crippen LogP contribution in [0.1, 0.15) is 44.0 Å². The molecule has 1 aromatic carbocycles. The highest BCUT2D eigenvalue weighted by Crippen LogP contribution is 2.15. The first-order chi connectivity index (χ1) is 10.9.